The normalized spacial score (nSPS) is 14.4. The fraction of sp³-hybridized carbons (Fsp3) is 0.478. The number of methoxy groups -OCH3 is 1. The molecule has 2 heterocycles. The van der Waals surface area contributed by atoms with Crippen LogP contribution in [0.25, 0.3) is 0 Å². The molecule has 0 radical (unpaired) electrons. The molecule has 1 saturated heterocycles. The number of hydrogen-bond acceptors (Lipinski definition) is 5. The Bertz CT molecular complexity index is 887. The van der Waals surface area contributed by atoms with Gasteiger partial charge in [-0.1, -0.05) is 0 Å². The van der Waals surface area contributed by atoms with E-state index < -0.39 is 0 Å². The number of carbonyl (C=O) groups is 1. The lowest BCUT2D eigenvalue weighted by molar-refractivity contribution is 0.0963. The number of guanidine groups is 1. The van der Waals surface area contributed by atoms with Gasteiger partial charge in [0, 0.05) is 38.2 Å². The average Bonchev–Trinajstić information content (AvgIpc) is 3.31. The molecule has 2 aromatic rings. The van der Waals surface area contributed by atoms with E-state index in [0.29, 0.717) is 56.5 Å². The van der Waals surface area contributed by atoms with Gasteiger partial charge in [0.05, 0.1) is 26.5 Å². The maximum absolute atomic E-state index is 13.8. The first-order valence-corrected chi connectivity index (χ1v) is 10.9. The van der Waals surface area contributed by atoms with Crippen LogP contribution in [0, 0.1) is 5.82 Å². The molecule has 3 rings (SSSR count). The van der Waals surface area contributed by atoms with Crippen LogP contribution in [0.3, 0.4) is 0 Å². The van der Waals surface area contributed by atoms with Crippen molar-refractivity contribution in [1.82, 2.24) is 15.5 Å². The van der Waals surface area contributed by atoms with Crippen LogP contribution < -0.4 is 15.4 Å². The highest BCUT2D eigenvalue weighted by Gasteiger charge is 2.24. The molecule has 0 spiro atoms. The van der Waals surface area contributed by atoms with Crippen LogP contribution in [0.4, 0.5) is 9.18 Å². The molecule has 33 heavy (non-hydrogen) atoms. The second-order valence-electron chi connectivity index (χ2n) is 7.52. The zero-order chi connectivity index (χ0) is 22.8. The molecular weight excluding hydrogens is 542 g/mol. The van der Waals surface area contributed by atoms with E-state index in [0.717, 1.165) is 18.6 Å². The van der Waals surface area contributed by atoms with E-state index in [2.05, 4.69) is 15.6 Å². The van der Waals surface area contributed by atoms with E-state index in [-0.39, 0.29) is 41.9 Å². The molecule has 0 saturated carbocycles. The maximum atomic E-state index is 13.8. The van der Waals surface area contributed by atoms with Crippen molar-refractivity contribution < 1.29 is 23.1 Å². The van der Waals surface area contributed by atoms with Crippen LogP contribution in [0.15, 0.2) is 46.0 Å². The number of nitrogens with zero attached hydrogens (tertiary/aromatic N) is 2. The lowest BCUT2D eigenvalue weighted by atomic mass is 10.1. The summed E-state index contributed by atoms with van der Waals surface area (Å²) in [6.07, 6.45) is 3.66. The highest BCUT2D eigenvalue weighted by atomic mass is 127. The topological polar surface area (TPSA) is 88.3 Å². The number of carbonyl (C=O) groups excluding carboxylic acids is 1. The SMILES string of the molecule is CCOC(=O)N1CCC(NC(=NCc2cc(F)cc(OC)c2)NCCc2ccco2)CC1.I. The number of piperidine rings is 1. The molecule has 2 N–H and O–H groups in total. The van der Waals surface area contributed by atoms with Crippen LogP contribution in [-0.2, 0) is 17.7 Å². The highest BCUT2D eigenvalue weighted by molar-refractivity contribution is 14.0. The van der Waals surface area contributed by atoms with Gasteiger partial charge >= 0.3 is 6.09 Å². The monoisotopic (exact) mass is 574 g/mol. The Labute approximate surface area is 210 Å². The summed E-state index contributed by atoms with van der Waals surface area (Å²) in [5, 5.41) is 6.77. The van der Waals surface area contributed by atoms with Gasteiger partial charge < -0.3 is 29.4 Å². The Balaban J connectivity index is 0.00000385. The molecular formula is C23H32FIN4O4. The Morgan fingerprint density at radius 3 is 2.76 bits per heavy atom. The van der Waals surface area contributed by atoms with Gasteiger partial charge in [-0.15, -0.1) is 24.0 Å². The van der Waals surface area contributed by atoms with Crippen LogP contribution >= 0.6 is 24.0 Å². The summed E-state index contributed by atoms with van der Waals surface area (Å²) in [6.45, 7) is 4.35. The predicted molar refractivity (Wildman–Crippen MR) is 135 cm³/mol. The van der Waals surface area contributed by atoms with Crippen molar-refractivity contribution in [3.8, 4) is 5.75 Å². The van der Waals surface area contributed by atoms with Crippen LogP contribution in [-0.4, -0.2) is 56.3 Å². The lowest BCUT2D eigenvalue weighted by Crippen LogP contribution is -2.50. The third-order valence-corrected chi connectivity index (χ3v) is 5.19. The molecule has 0 aliphatic carbocycles. The van der Waals surface area contributed by atoms with Gasteiger partial charge in [0.2, 0.25) is 0 Å². The van der Waals surface area contributed by atoms with Gasteiger partial charge in [0.1, 0.15) is 17.3 Å². The molecule has 182 valence electrons. The number of furan rings is 1. The Hall–Kier alpha value is -2.50. The van der Waals surface area contributed by atoms with Crippen molar-refractivity contribution in [3.63, 3.8) is 0 Å². The molecule has 1 aliphatic heterocycles. The van der Waals surface area contributed by atoms with Gasteiger partial charge in [-0.3, -0.25) is 0 Å². The van der Waals surface area contributed by atoms with Crippen molar-refractivity contribution in [1.29, 1.82) is 0 Å². The van der Waals surface area contributed by atoms with Gasteiger partial charge in [-0.2, -0.15) is 0 Å². The van der Waals surface area contributed by atoms with Crippen molar-refractivity contribution in [2.24, 2.45) is 4.99 Å². The molecule has 1 amide bonds. The zero-order valence-electron chi connectivity index (χ0n) is 19.0. The van der Waals surface area contributed by atoms with E-state index in [1.165, 1.54) is 19.2 Å². The third kappa shape index (κ3) is 8.75. The molecule has 0 unspecified atom stereocenters. The third-order valence-electron chi connectivity index (χ3n) is 5.19. The van der Waals surface area contributed by atoms with Gasteiger partial charge in [0.15, 0.2) is 5.96 Å². The number of likely N-dealkylation sites (tertiary alicyclic amines) is 1. The van der Waals surface area contributed by atoms with Crippen molar-refractivity contribution in [3.05, 3.63) is 53.7 Å². The van der Waals surface area contributed by atoms with Crippen molar-refractivity contribution in [2.75, 3.05) is 33.4 Å². The summed E-state index contributed by atoms with van der Waals surface area (Å²) < 4.78 is 29.4. The summed E-state index contributed by atoms with van der Waals surface area (Å²) >= 11 is 0. The van der Waals surface area contributed by atoms with Crippen molar-refractivity contribution in [2.45, 2.75) is 38.8 Å². The Morgan fingerprint density at radius 1 is 1.30 bits per heavy atom. The number of amides is 1. The average molecular weight is 574 g/mol. The number of rotatable bonds is 8. The van der Waals surface area contributed by atoms with E-state index in [1.54, 1.807) is 24.2 Å². The van der Waals surface area contributed by atoms with Crippen molar-refractivity contribution >= 4 is 36.0 Å². The Morgan fingerprint density at radius 2 is 2.09 bits per heavy atom. The molecule has 1 aromatic heterocycles. The summed E-state index contributed by atoms with van der Waals surface area (Å²) in [5.41, 5.74) is 0.714. The Kier molecular flexibility index (Phi) is 11.3. The number of nitrogens with one attached hydrogen (secondary N) is 2. The number of aliphatic imine (C=N–C) groups is 1. The first-order chi connectivity index (χ1) is 15.6. The number of hydrogen-bond donors (Lipinski definition) is 2. The molecule has 8 nitrogen and oxygen atoms in total. The maximum Gasteiger partial charge on any atom is 0.409 e. The molecule has 10 heteroatoms. The molecule has 1 aliphatic rings. The number of halogens is 2. The standard InChI is InChI=1S/C23H31FN4O4.HI/c1-3-31-23(29)28-10-7-19(8-11-28)27-22(25-9-6-20-5-4-12-32-20)26-16-17-13-18(24)15-21(14-17)30-2;/h4-5,12-15,19H,3,6-11,16H2,1-2H3,(H2,25,26,27);1H. The number of benzene rings is 1. The molecule has 1 aromatic carbocycles. The highest BCUT2D eigenvalue weighted by Crippen LogP contribution is 2.17. The molecule has 0 atom stereocenters. The minimum atomic E-state index is -0.360. The van der Waals surface area contributed by atoms with E-state index in [1.807, 2.05) is 12.1 Å². The minimum absolute atomic E-state index is 0. The second-order valence-corrected chi connectivity index (χ2v) is 7.52. The molecule has 1 fully saturated rings. The van der Waals surface area contributed by atoms with Gasteiger partial charge in [-0.25, -0.2) is 14.2 Å². The lowest BCUT2D eigenvalue weighted by Gasteiger charge is -2.32. The summed E-state index contributed by atoms with van der Waals surface area (Å²) in [4.78, 5) is 18.3. The summed E-state index contributed by atoms with van der Waals surface area (Å²) in [7, 11) is 1.51. The van der Waals surface area contributed by atoms with E-state index >= 15 is 0 Å². The summed E-state index contributed by atoms with van der Waals surface area (Å²) in [5.74, 6) is 1.62. The quantitative estimate of drug-likeness (QED) is 0.282. The smallest absolute Gasteiger partial charge is 0.409 e. The van der Waals surface area contributed by atoms with E-state index in [4.69, 9.17) is 13.9 Å². The van der Waals surface area contributed by atoms with Crippen LogP contribution in [0.2, 0.25) is 0 Å². The number of ether oxygens (including phenoxy) is 2. The first kappa shape index (κ1) is 26.7. The zero-order valence-corrected chi connectivity index (χ0v) is 21.3. The molecule has 0 bridgehead atoms. The first-order valence-electron chi connectivity index (χ1n) is 10.9. The largest absolute Gasteiger partial charge is 0.497 e. The second kappa shape index (κ2) is 13.9. The summed E-state index contributed by atoms with van der Waals surface area (Å²) in [6, 6.07) is 8.51. The van der Waals surface area contributed by atoms with Gasteiger partial charge in [0.25, 0.3) is 0 Å². The van der Waals surface area contributed by atoms with Crippen LogP contribution in [0.5, 0.6) is 5.75 Å². The predicted octanol–water partition coefficient (Wildman–Crippen LogP) is 3.94. The fourth-order valence-electron chi connectivity index (χ4n) is 3.53. The van der Waals surface area contributed by atoms with E-state index in [9.17, 15) is 9.18 Å². The van der Waals surface area contributed by atoms with Crippen LogP contribution in [0.1, 0.15) is 31.1 Å². The minimum Gasteiger partial charge on any atom is -0.497 e. The van der Waals surface area contributed by atoms with Gasteiger partial charge in [-0.05, 0) is 49.6 Å². The fourth-order valence-corrected chi connectivity index (χ4v) is 3.53.